The Morgan fingerprint density at radius 3 is 2.74 bits per heavy atom. The van der Waals surface area contributed by atoms with E-state index in [-0.39, 0.29) is 18.9 Å². The predicted octanol–water partition coefficient (Wildman–Crippen LogP) is 1.20. The third kappa shape index (κ3) is 2.79. The van der Waals surface area contributed by atoms with E-state index in [1.54, 1.807) is 24.3 Å². The first kappa shape index (κ1) is 14.0. The van der Waals surface area contributed by atoms with Gasteiger partial charge in [0, 0.05) is 17.4 Å². The summed E-state index contributed by atoms with van der Waals surface area (Å²) in [7, 11) is 1.27. The molecule has 0 unspecified atom stereocenters. The predicted molar refractivity (Wildman–Crippen MR) is 71.6 cm³/mol. The van der Waals surface area contributed by atoms with Crippen molar-refractivity contribution < 1.29 is 19.4 Å². The number of rotatable bonds is 2. The minimum atomic E-state index is -0.723. The molecule has 0 spiro atoms. The number of benzene rings is 1. The quantitative estimate of drug-likeness (QED) is 0.829. The van der Waals surface area contributed by atoms with Crippen LogP contribution in [0.25, 0.3) is 0 Å². The number of methoxy groups -OCH3 is 1. The Balaban J connectivity index is 2.27. The highest BCUT2D eigenvalue weighted by atomic mass is 79.9. The summed E-state index contributed by atoms with van der Waals surface area (Å²) in [5, 5.41) is 9.67. The Labute approximate surface area is 119 Å². The van der Waals surface area contributed by atoms with E-state index in [1.807, 2.05) is 0 Å². The van der Waals surface area contributed by atoms with Crippen LogP contribution in [0.4, 0.5) is 0 Å². The highest BCUT2D eigenvalue weighted by Crippen LogP contribution is 2.24. The van der Waals surface area contributed by atoms with Crippen molar-refractivity contribution in [2.75, 3.05) is 13.7 Å². The lowest BCUT2D eigenvalue weighted by Crippen LogP contribution is -2.41. The first-order valence-electron chi connectivity index (χ1n) is 5.86. The highest BCUT2D eigenvalue weighted by molar-refractivity contribution is 9.10. The molecule has 1 aliphatic rings. The van der Waals surface area contributed by atoms with Gasteiger partial charge in [0.05, 0.1) is 18.8 Å². The lowest BCUT2D eigenvalue weighted by molar-refractivity contribution is -0.145. The largest absolute Gasteiger partial charge is 0.467 e. The van der Waals surface area contributed by atoms with Crippen molar-refractivity contribution in [3.05, 3.63) is 34.3 Å². The van der Waals surface area contributed by atoms with Crippen LogP contribution in [0, 0.1) is 0 Å². The van der Waals surface area contributed by atoms with Gasteiger partial charge in [0.2, 0.25) is 0 Å². The Hall–Kier alpha value is -1.40. The molecule has 0 aliphatic carbocycles. The molecular formula is C13H14BrNO4. The number of nitrogens with zero attached hydrogens (tertiary/aromatic N) is 1. The summed E-state index contributed by atoms with van der Waals surface area (Å²) in [5.41, 5.74) is 0.463. The van der Waals surface area contributed by atoms with Crippen LogP contribution in [-0.4, -0.2) is 47.7 Å². The third-order valence-electron chi connectivity index (χ3n) is 3.12. The van der Waals surface area contributed by atoms with Gasteiger partial charge in [-0.05, 0) is 28.1 Å². The Morgan fingerprint density at radius 2 is 2.11 bits per heavy atom. The number of hydrogen-bond acceptors (Lipinski definition) is 4. The molecular weight excluding hydrogens is 314 g/mol. The van der Waals surface area contributed by atoms with Crippen molar-refractivity contribution >= 4 is 27.8 Å². The fourth-order valence-electron chi connectivity index (χ4n) is 2.19. The van der Waals surface area contributed by atoms with Crippen LogP contribution in [0.3, 0.4) is 0 Å². The van der Waals surface area contributed by atoms with E-state index < -0.39 is 18.1 Å². The van der Waals surface area contributed by atoms with Crippen LogP contribution in [-0.2, 0) is 9.53 Å². The molecule has 6 heteroatoms. The number of esters is 1. The van der Waals surface area contributed by atoms with Gasteiger partial charge in [0.1, 0.15) is 6.04 Å². The Bertz CT molecular complexity index is 505. The normalized spacial score (nSPS) is 22.4. The first-order chi connectivity index (χ1) is 9.04. The van der Waals surface area contributed by atoms with Gasteiger partial charge >= 0.3 is 5.97 Å². The van der Waals surface area contributed by atoms with E-state index in [0.29, 0.717) is 10.0 Å². The summed E-state index contributed by atoms with van der Waals surface area (Å²) >= 11 is 3.31. The number of ether oxygens (including phenoxy) is 1. The SMILES string of the molecule is COC(=O)[C@@H]1C[C@H](O)CN1C(=O)c1ccccc1Br. The van der Waals surface area contributed by atoms with Crippen molar-refractivity contribution in [3.8, 4) is 0 Å². The zero-order valence-corrected chi connectivity index (χ0v) is 12.0. The second kappa shape index (κ2) is 5.71. The maximum atomic E-state index is 12.4. The maximum Gasteiger partial charge on any atom is 0.328 e. The van der Waals surface area contributed by atoms with Crippen molar-refractivity contribution in [1.29, 1.82) is 0 Å². The highest BCUT2D eigenvalue weighted by Gasteiger charge is 2.40. The van der Waals surface area contributed by atoms with Crippen LogP contribution in [0.1, 0.15) is 16.8 Å². The summed E-state index contributed by atoms with van der Waals surface area (Å²) in [6.07, 6.45) is -0.487. The number of likely N-dealkylation sites (tertiary alicyclic amines) is 1. The van der Waals surface area contributed by atoms with Crippen LogP contribution in [0.2, 0.25) is 0 Å². The number of carbonyl (C=O) groups excluding carboxylic acids is 2. The van der Waals surface area contributed by atoms with Gasteiger partial charge in [-0.1, -0.05) is 12.1 Å². The van der Waals surface area contributed by atoms with E-state index in [9.17, 15) is 14.7 Å². The molecule has 2 rings (SSSR count). The van der Waals surface area contributed by atoms with Crippen molar-refractivity contribution in [2.24, 2.45) is 0 Å². The van der Waals surface area contributed by atoms with Gasteiger partial charge in [-0.25, -0.2) is 4.79 Å². The van der Waals surface area contributed by atoms with E-state index in [2.05, 4.69) is 20.7 Å². The fourth-order valence-corrected chi connectivity index (χ4v) is 2.64. The second-order valence-corrected chi connectivity index (χ2v) is 5.22. The van der Waals surface area contributed by atoms with E-state index in [4.69, 9.17) is 0 Å². The van der Waals surface area contributed by atoms with Gasteiger partial charge in [0.25, 0.3) is 5.91 Å². The smallest absolute Gasteiger partial charge is 0.328 e. The van der Waals surface area contributed by atoms with Crippen molar-refractivity contribution in [2.45, 2.75) is 18.6 Å². The van der Waals surface area contributed by atoms with Gasteiger partial charge in [-0.3, -0.25) is 4.79 Å². The van der Waals surface area contributed by atoms with Crippen molar-refractivity contribution in [3.63, 3.8) is 0 Å². The summed E-state index contributed by atoms with van der Waals surface area (Å²) in [6.45, 7) is 0.139. The molecule has 5 nitrogen and oxygen atoms in total. The Morgan fingerprint density at radius 1 is 1.42 bits per heavy atom. The molecule has 1 aromatic carbocycles. The third-order valence-corrected chi connectivity index (χ3v) is 3.81. The monoisotopic (exact) mass is 327 g/mol. The number of amides is 1. The van der Waals surface area contributed by atoms with Gasteiger partial charge in [0.15, 0.2) is 0 Å². The average molecular weight is 328 g/mol. The lowest BCUT2D eigenvalue weighted by Gasteiger charge is -2.22. The molecule has 2 atom stereocenters. The number of aliphatic hydroxyl groups is 1. The zero-order chi connectivity index (χ0) is 14.0. The summed E-state index contributed by atoms with van der Waals surface area (Å²) in [6, 6.07) is 6.26. The van der Waals surface area contributed by atoms with Crippen LogP contribution in [0.15, 0.2) is 28.7 Å². The minimum absolute atomic E-state index is 0.139. The molecule has 0 saturated carbocycles. The molecule has 102 valence electrons. The topological polar surface area (TPSA) is 66.8 Å². The minimum Gasteiger partial charge on any atom is -0.467 e. The molecule has 1 amide bonds. The van der Waals surface area contributed by atoms with E-state index in [0.717, 1.165) is 0 Å². The van der Waals surface area contributed by atoms with Crippen LogP contribution < -0.4 is 0 Å². The molecule has 1 N–H and O–H groups in total. The number of carbonyl (C=O) groups is 2. The number of hydrogen-bond donors (Lipinski definition) is 1. The molecule has 0 aromatic heterocycles. The van der Waals surface area contributed by atoms with Crippen LogP contribution >= 0.6 is 15.9 Å². The summed E-state index contributed by atoms with van der Waals surface area (Å²) in [4.78, 5) is 25.4. The number of halogens is 1. The molecule has 1 heterocycles. The number of aliphatic hydroxyl groups excluding tert-OH is 1. The van der Waals surface area contributed by atoms with E-state index >= 15 is 0 Å². The fraction of sp³-hybridized carbons (Fsp3) is 0.385. The number of β-amino-alcohol motifs (C(OH)–C–C–N with tert-alkyl or cyclic N) is 1. The van der Waals surface area contributed by atoms with Gasteiger partial charge < -0.3 is 14.7 Å². The average Bonchev–Trinajstić information content (AvgIpc) is 2.79. The molecule has 0 radical (unpaired) electrons. The molecule has 1 aromatic rings. The van der Waals surface area contributed by atoms with Gasteiger partial charge in [-0.15, -0.1) is 0 Å². The molecule has 1 fully saturated rings. The molecule has 1 saturated heterocycles. The molecule has 0 bridgehead atoms. The Kier molecular flexibility index (Phi) is 4.21. The van der Waals surface area contributed by atoms with Gasteiger partial charge in [-0.2, -0.15) is 0 Å². The summed E-state index contributed by atoms with van der Waals surface area (Å²) < 4.78 is 5.33. The maximum absolute atomic E-state index is 12.4. The lowest BCUT2D eigenvalue weighted by atomic mass is 10.1. The van der Waals surface area contributed by atoms with Crippen LogP contribution in [0.5, 0.6) is 0 Å². The summed E-state index contributed by atoms with van der Waals surface area (Å²) in [5.74, 6) is -0.795. The van der Waals surface area contributed by atoms with E-state index in [1.165, 1.54) is 12.0 Å². The molecule has 19 heavy (non-hydrogen) atoms. The second-order valence-electron chi connectivity index (χ2n) is 4.37. The first-order valence-corrected chi connectivity index (χ1v) is 6.65. The standard InChI is InChI=1S/C13H14BrNO4/c1-19-13(18)11-6-8(16)7-15(11)12(17)9-4-2-3-5-10(9)14/h2-5,8,11,16H,6-7H2,1H3/t8-,11-/m0/s1. The zero-order valence-electron chi connectivity index (χ0n) is 10.4. The molecule has 1 aliphatic heterocycles. The van der Waals surface area contributed by atoms with Crippen molar-refractivity contribution in [1.82, 2.24) is 4.90 Å².